The minimum Gasteiger partial charge on any atom is -0.449 e. The first-order chi connectivity index (χ1) is 4.22. The van der Waals surface area contributed by atoms with Gasteiger partial charge in [-0.3, -0.25) is 0 Å². The summed E-state index contributed by atoms with van der Waals surface area (Å²) in [7, 11) is 1.47. The molecule has 0 radical (unpaired) electrons. The van der Waals surface area contributed by atoms with Crippen LogP contribution in [-0.4, -0.2) is 24.6 Å². The van der Waals surface area contributed by atoms with Crippen LogP contribution in [0.3, 0.4) is 0 Å². The Balaban J connectivity index is 3.63. The van der Waals surface area contributed by atoms with E-state index in [1.807, 2.05) is 0 Å². The molecular weight excluding hydrogens is 118 g/mol. The number of terminal acetylenes is 1. The van der Waals surface area contributed by atoms with E-state index in [1.165, 1.54) is 7.05 Å². The summed E-state index contributed by atoms with van der Waals surface area (Å²) < 4.78 is 4.54. The topological polar surface area (TPSA) is 29.5 Å². The van der Waals surface area contributed by atoms with Crippen LogP contribution in [0.4, 0.5) is 4.79 Å². The van der Waals surface area contributed by atoms with E-state index >= 15 is 0 Å². The average Bonchev–Trinajstić information content (AvgIpc) is 1.87. The first kappa shape index (κ1) is 7.83. The van der Waals surface area contributed by atoms with Crippen LogP contribution in [0.2, 0.25) is 0 Å². The van der Waals surface area contributed by atoms with Gasteiger partial charge in [0.2, 0.25) is 0 Å². The zero-order valence-electron chi connectivity index (χ0n) is 5.55. The molecule has 0 N–H and O–H groups in total. The van der Waals surface area contributed by atoms with E-state index in [2.05, 4.69) is 10.8 Å². The molecule has 3 nitrogen and oxygen atoms in total. The van der Waals surface area contributed by atoms with Crippen molar-refractivity contribution in [1.29, 1.82) is 0 Å². The third-order valence-electron chi connectivity index (χ3n) is 0.735. The molecule has 50 valence electrons. The molecule has 1 amide bonds. The predicted molar refractivity (Wildman–Crippen MR) is 33.6 cm³/mol. The van der Waals surface area contributed by atoms with Crippen LogP contribution in [0.5, 0.6) is 0 Å². The summed E-state index contributed by atoms with van der Waals surface area (Å²) >= 11 is 0. The van der Waals surface area contributed by atoms with E-state index in [9.17, 15) is 4.79 Å². The molecule has 0 rings (SSSR count). The Morgan fingerprint density at radius 3 is 2.78 bits per heavy atom. The van der Waals surface area contributed by atoms with Crippen molar-refractivity contribution in [3.8, 4) is 12.5 Å². The molecule has 0 saturated carbocycles. The van der Waals surface area contributed by atoms with Crippen molar-refractivity contribution in [1.82, 2.24) is 4.90 Å². The molecule has 0 aromatic carbocycles. The van der Waals surface area contributed by atoms with Gasteiger partial charge in [0.15, 0.2) is 0 Å². The smallest absolute Gasteiger partial charge is 0.421 e. The molecule has 0 aromatic rings. The van der Waals surface area contributed by atoms with Gasteiger partial charge in [0.25, 0.3) is 0 Å². The lowest BCUT2D eigenvalue weighted by Gasteiger charge is -2.06. The van der Waals surface area contributed by atoms with Gasteiger partial charge in [0.1, 0.15) is 0 Å². The molecule has 0 bridgehead atoms. The molecule has 9 heavy (non-hydrogen) atoms. The Morgan fingerprint density at radius 1 is 1.89 bits per heavy atom. The largest absolute Gasteiger partial charge is 0.449 e. The summed E-state index contributed by atoms with van der Waals surface area (Å²) in [5, 5.41) is 0. The Labute approximate surface area is 54.6 Å². The highest BCUT2D eigenvalue weighted by molar-refractivity contribution is 5.69. The highest BCUT2D eigenvalue weighted by Crippen LogP contribution is 1.85. The number of carbonyl (C=O) groups is 1. The minimum atomic E-state index is -0.486. The second-order valence-corrected chi connectivity index (χ2v) is 1.39. The molecule has 3 heteroatoms. The fourth-order valence-corrected chi connectivity index (χ4v) is 0.273. The van der Waals surface area contributed by atoms with Crippen LogP contribution < -0.4 is 0 Å². The van der Waals surface area contributed by atoms with Gasteiger partial charge in [-0.25, -0.2) is 9.69 Å². The first-order valence-electron chi connectivity index (χ1n) is 2.59. The van der Waals surface area contributed by atoms with Crippen LogP contribution >= 0.6 is 0 Å². The van der Waals surface area contributed by atoms with Crippen molar-refractivity contribution in [2.24, 2.45) is 0 Å². The summed E-state index contributed by atoms with van der Waals surface area (Å²) in [5.41, 5.74) is 0. The quantitative estimate of drug-likeness (QED) is 0.382. The number of rotatable bonds is 1. The molecule has 0 spiro atoms. The third kappa shape index (κ3) is 2.60. The minimum absolute atomic E-state index is 0.352. The van der Waals surface area contributed by atoms with Gasteiger partial charge in [-0.15, -0.1) is 0 Å². The van der Waals surface area contributed by atoms with Gasteiger partial charge >= 0.3 is 6.09 Å². The standard InChI is InChI=1S/C6H9NO2/c1-4-7(3)6(8)9-5-2/h1H,5H2,2-3H3. The molecule has 0 aromatic heterocycles. The fourth-order valence-electron chi connectivity index (χ4n) is 0.273. The monoisotopic (exact) mass is 127 g/mol. The van der Waals surface area contributed by atoms with Crippen molar-refractivity contribution in [2.45, 2.75) is 6.92 Å². The van der Waals surface area contributed by atoms with Gasteiger partial charge in [-0.2, -0.15) is 0 Å². The SMILES string of the molecule is C#CN(C)C(=O)OCC. The van der Waals surface area contributed by atoms with E-state index in [0.717, 1.165) is 4.90 Å². The molecule has 0 aliphatic heterocycles. The summed E-state index contributed by atoms with van der Waals surface area (Å²) in [5.74, 6) is 0. The fraction of sp³-hybridized carbons (Fsp3) is 0.500. The lowest BCUT2D eigenvalue weighted by molar-refractivity contribution is 0.131. The van der Waals surface area contributed by atoms with Crippen LogP contribution in [-0.2, 0) is 4.74 Å². The number of ether oxygens (including phenoxy) is 1. The molecule has 0 aliphatic rings. The molecule has 0 unspecified atom stereocenters. The number of carbonyl (C=O) groups excluding carboxylic acids is 1. The van der Waals surface area contributed by atoms with Gasteiger partial charge in [0.05, 0.1) is 6.61 Å². The third-order valence-corrected chi connectivity index (χ3v) is 0.735. The van der Waals surface area contributed by atoms with Gasteiger partial charge in [0, 0.05) is 13.1 Å². The predicted octanol–water partition coefficient (Wildman–Crippen LogP) is 0.665. The second kappa shape index (κ2) is 3.79. The maximum absolute atomic E-state index is 10.5. The number of amides is 1. The van der Waals surface area contributed by atoms with Crippen molar-refractivity contribution < 1.29 is 9.53 Å². The molecule has 0 atom stereocenters. The summed E-state index contributed by atoms with van der Waals surface area (Å²) in [6.07, 6.45) is 4.39. The highest BCUT2D eigenvalue weighted by Gasteiger charge is 2.03. The van der Waals surface area contributed by atoms with E-state index in [-0.39, 0.29) is 0 Å². The lowest BCUT2D eigenvalue weighted by atomic mass is 10.8. The van der Waals surface area contributed by atoms with E-state index in [1.54, 1.807) is 6.92 Å². The Hall–Kier alpha value is -1.17. The maximum atomic E-state index is 10.5. The normalized spacial score (nSPS) is 7.67. The van der Waals surface area contributed by atoms with Crippen molar-refractivity contribution >= 4 is 6.09 Å². The zero-order chi connectivity index (χ0) is 7.28. The Morgan fingerprint density at radius 2 is 2.44 bits per heavy atom. The van der Waals surface area contributed by atoms with Crippen LogP contribution in [0.1, 0.15) is 6.92 Å². The van der Waals surface area contributed by atoms with Crippen LogP contribution in [0.15, 0.2) is 0 Å². The number of hydrogen-bond acceptors (Lipinski definition) is 2. The molecule has 0 aliphatic carbocycles. The Bertz CT molecular complexity index is 136. The lowest BCUT2D eigenvalue weighted by Crippen LogP contribution is -2.21. The van der Waals surface area contributed by atoms with Gasteiger partial charge in [-0.1, -0.05) is 6.42 Å². The van der Waals surface area contributed by atoms with Crippen LogP contribution in [0.25, 0.3) is 0 Å². The first-order valence-corrected chi connectivity index (χ1v) is 2.59. The van der Waals surface area contributed by atoms with Crippen molar-refractivity contribution in [3.63, 3.8) is 0 Å². The highest BCUT2D eigenvalue weighted by atomic mass is 16.5. The molecule has 0 saturated heterocycles. The average molecular weight is 127 g/mol. The van der Waals surface area contributed by atoms with Gasteiger partial charge in [-0.05, 0) is 6.92 Å². The van der Waals surface area contributed by atoms with Crippen molar-refractivity contribution in [2.75, 3.05) is 13.7 Å². The molecule has 0 fully saturated rings. The molecule has 0 heterocycles. The molecular formula is C6H9NO2. The zero-order valence-corrected chi connectivity index (χ0v) is 5.55. The Kier molecular flexibility index (Phi) is 3.29. The van der Waals surface area contributed by atoms with E-state index < -0.39 is 6.09 Å². The number of nitrogens with zero attached hydrogens (tertiary/aromatic N) is 1. The summed E-state index contributed by atoms with van der Waals surface area (Å²) in [6, 6.07) is 2.11. The van der Waals surface area contributed by atoms with E-state index in [4.69, 9.17) is 6.42 Å². The van der Waals surface area contributed by atoms with Crippen molar-refractivity contribution in [3.05, 3.63) is 0 Å². The number of hydrogen-bond donors (Lipinski definition) is 0. The summed E-state index contributed by atoms with van der Waals surface area (Å²) in [4.78, 5) is 11.6. The summed E-state index contributed by atoms with van der Waals surface area (Å²) in [6.45, 7) is 2.08. The maximum Gasteiger partial charge on any atom is 0.421 e. The van der Waals surface area contributed by atoms with E-state index in [0.29, 0.717) is 6.61 Å². The second-order valence-electron chi connectivity index (χ2n) is 1.39. The van der Waals surface area contributed by atoms with Crippen LogP contribution in [0, 0.1) is 12.5 Å². The van der Waals surface area contributed by atoms with Gasteiger partial charge < -0.3 is 4.74 Å².